The number of benzene rings is 3. The summed E-state index contributed by atoms with van der Waals surface area (Å²) in [4.78, 5) is 0. The zero-order valence-corrected chi connectivity index (χ0v) is 19.2. The Labute approximate surface area is 180 Å². The molecule has 1 aliphatic heterocycles. The van der Waals surface area contributed by atoms with E-state index in [2.05, 4.69) is 62.5 Å². The van der Waals surface area contributed by atoms with Crippen molar-refractivity contribution in [3.8, 4) is 0 Å². The van der Waals surface area contributed by atoms with Crippen LogP contribution in [0.2, 0.25) is 0 Å². The van der Waals surface area contributed by atoms with Gasteiger partial charge in [0.25, 0.3) is 0 Å². The molecular formula is C23H24BrN2O2S+. The molecule has 0 amide bonds. The van der Waals surface area contributed by atoms with Gasteiger partial charge in [0, 0.05) is 22.3 Å². The second-order valence-electron chi connectivity index (χ2n) is 7.57. The first-order valence-electron chi connectivity index (χ1n) is 9.75. The first kappa shape index (κ1) is 20.1. The van der Waals surface area contributed by atoms with E-state index >= 15 is 0 Å². The molecule has 4 nitrogen and oxygen atoms in total. The van der Waals surface area contributed by atoms with Gasteiger partial charge in [0.15, 0.2) is 0 Å². The number of aryl methyl sites for hydroxylation is 1. The zero-order valence-electron chi connectivity index (χ0n) is 16.8. The lowest BCUT2D eigenvalue weighted by Crippen LogP contribution is -2.20. The third-order valence-electron chi connectivity index (χ3n) is 5.24. The van der Waals surface area contributed by atoms with Crippen LogP contribution in [0.25, 0.3) is 10.8 Å². The van der Waals surface area contributed by atoms with Gasteiger partial charge in [0.05, 0.1) is 28.5 Å². The molecule has 0 atom stereocenters. The molecule has 29 heavy (non-hydrogen) atoms. The predicted octanol–water partition coefficient (Wildman–Crippen LogP) is 5.58. The molecular weight excluding hydrogens is 448 g/mol. The molecule has 1 heterocycles. The summed E-state index contributed by atoms with van der Waals surface area (Å²) in [7, 11) is -3.40. The van der Waals surface area contributed by atoms with Crippen LogP contribution in [0.4, 0.5) is 11.4 Å². The van der Waals surface area contributed by atoms with Crippen molar-refractivity contribution in [2.75, 3.05) is 17.5 Å². The van der Waals surface area contributed by atoms with Crippen molar-refractivity contribution in [2.24, 2.45) is 0 Å². The van der Waals surface area contributed by atoms with E-state index in [0.29, 0.717) is 5.69 Å². The summed E-state index contributed by atoms with van der Waals surface area (Å²) < 4.78 is 30.2. The first-order valence-corrected chi connectivity index (χ1v) is 12.4. The Morgan fingerprint density at radius 1 is 1.07 bits per heavy atom. The van der Waals surface area contributed by atoms with E-state index in [4.69, 9.17) is 0 Å². The number of nitrogens with zero attached hydrogens (tertiary/aromatic N) is 1. The monoisotopic (exact) mass is 471 g/mol. The van der Waals surface area contributed by atoms with E-state index in [1.165, 1.54) is 22.7 Å². The van der Waals surface area contributed by atoms with Gasteiger partial charge in [-0.05, 0) is 36.8 Å². The van der Waals surface area contributed by atoms with Gasteiger partial charge in [0.2, 0.25) is 21.4 Å². The minimum atomic E-state index is -3.40. The molecule has 0 spiro atoms. The maximum Gasteiger partial charge on any atom is 0.229 e. The quantitative estimate of drug-likeness (QED) is 0.477. The number of hydrogen-bond acceptors (Lipinski definition) is 2. The lowest BCUT2D eigenvalue weighted by Gasteiger charge is -2.12. The van der Waals surface area contributed by atoms with Gasteiger partial charge in [-0.2, -0.15) is 4.58 Å². The van der Waals surface area contributed by atoms with E-state index in [1.54, 1.807) is 0 Å². The fourth-order valence-electron chi connectivity index (χ4n) is 4.03. The maximum atomic E-state index is 12.0. The molecule has 3 aromatic carbocycles. The van der Waals surface area contributed by atoms with Gasteiger partial charge in [-0.25, -0.2) is 8.42 Å². The molecule has 150 valence electrons. The van der Waals surface area contributed by atoms with Gasteiger partial charge in [-0.3, -0.25) is 4.72 Å². The Kier molecular flexibility index (Phi) is 5.25. The van der Waals surface area contributed by atoms with Gasteiger partial charge >= 0.3 is 0 Å². The van der Waals surface area contributed by atoms with Crippen LogP contribution in [-0.2, 0) is 10.0 Å². The predicted molar refractivity (Wildman–Crippen MR) is 124 cm³/mol. The topological polar surface area (TPSA) is 49.2 Å². The number of hydrogen-bond donors (Lipinski definition) is 1. The molecule has 0 unspecified atom stereocenters. The van der Waals surface area contributed by atoms with E-state index in [-0.39, 0.29) is 0 Å². The average Bonchev–Trinajstić information content (AvgIpc) is 2.96. The number of halogens is 1. The van der Waals surface area contributed by atoms with Gasteiger partial charge < -0.3 is 0 Å². The van der Waals surface area contributed by atoms with E-state index in [0.717, 1.165) is 46.3 Å². The van der Waals surface area contributed by atoms with Crippen molar-refractivity contribution < 1.29 is 13.0 Å². The van der Waals surface area contributed by atoms with Gasteiger partial charge in [-0.1, -0.05) is 47.5 Å². The van der Waals surface area contributed by atoms with E-state index in [1.807, 2.05) is 25.1 Å². The summed E-state index contributed by atoms with van der Waals surface area (Å²) >= 11 is 3.69. The summed E-state index contributed by atoms with van der Waals surface area (Å²) in [5.74, 6) is 0. The van der Waals surface area contributed by atoms with Gasteiger partial charge in [0.1, 0.15) is 6.54 Å². The Balaban J connectivity index is 2.03. The van der Waals surface area contributed by atoms with E-state index < -0.39 is 10.0 Å². The smallest absolute Gasteiger partial charge is 0.229 e. The molecule has 0 aromatic heterocycles. The summed E-state index contributed by atoms with van der Waals surface area (Å²) in [6, 6.07) is 16.5. The lowest BCUT2D eigenvalue weighted by atomic mass is 9.96. The molecule has 0 radical (unpaired) electrons. The normalized spacial score (nSPS) is 13.4. The van der Waals surface area contributed by atoms with Crippen LogP contribution in [0.1, 0.15) is 36.5 Å². The molecule has 3 aromatic rings. The highest BCUT2D eigenvalue weighted by molar-refractivity contribution is 9.10. The molecule has 0 aliphatic carbocycles. The van der Waals surface area contributed by atoms with Gasteiger partial charge in [-0.15, -0.1) is 0 Å². The third-order valence-corrected chi connectivity index (χ3v) is 6.52. The standard InChI is InChI=1S/C23H23BrN2O2S/c1-4-5-13-26-21-12-11-19(24)16-7-6-8-18(22(16)21)23(26)17-10-9-15(2)14-20(17)25-29(3,27)28/h6-12,14H,4-5,13H2,1-3H3/p+1. The molecule has 1 aliphatic rings. The van der Waals surface area contributed by atoms with Crippen molar-refractivity contribution in [3.05, 3.63) is 69.7 Å². The molecule has 0 bridgehead atoms. The number of nitrogens with one attached hydrogen (secondary N) is 1. The summed E-state index contributed by atoms with van der Waals surface area (Å²) in [6.45, 7) is 5.03. The number of unbranched alkanes of at least 4 members (excludes halogenated alkanes) is 1. The van der Waals surface area contributed by atoms with Crippen molar-refractivity contribution in [1.82, 2.24) is 0 Å². The minimum Gasteiger partial charge on any atom is -0.283 e. The second-order valence-corrected chi connectivity index (χ2v) is 10.2. The number of rotatable bonds is 6. The third kappa shape index (κ3) is 3.71. The largest absolute Gasteiger partial charge is 0.283 e. The Hall–Kier alpha value is -2.18. The zero-order chi connectivity index (χ0) is 20.8. The molecule has 4 rings (SSSR count). The molecule has 1 N–H and O–H groups in total. The van der Waals surface area contributed by atoms with Crippen molar-refractivity contribution >= 4 is 53.8 Å². The molecule has 0 saturated heterocycles. The van der Waals surface area contributed by atoms with Crippen LogP contribution in [0.5, 0.6) is 0 Å². The van der Waals surface area contributed by atoms with Crippen molar-refractivity contribution in [2.45, 2.75) is 26.7 Å². The first-order chi connectivity index (χ1) is 13.8. The minimum absolute atomic E-state index is 0.618. The highest BCUT2D eigenvalue weighted by atomic mass is 79.9. The second kappa shape index (κ2) is 7.58. The number of sulfonamides is 1. The lowest BCUT2D eigenvalue weighted by molar-refractivity contribution is -0.436. The average molecular weight is 472 g/mol. The van der Waals surface area contributed by atoms with Crippen LogP contribution in [0.3, 0.4) is 0 Å². The van der Waals surface area contributed by atoms with Crippen LogP contribution >= 0.6 is 15.9 Å². The fraction of sp³-hybridized carbons (Fsp3) is 0.261. The summed E-state index contributed by atoms with van der Waals surface area (Å²) in [5.41, 5.74) is 5.90. The highest BCUT2D eigenvalue weighted by Gasteiger charge is 2.34. The molecule has 6 heteroatoms. The highest BCUT2D eigenvalue weighted by Crippen LogP contribution is 2.41. The molecule has 0 saturated carbocycles. The Bertz CT molecular complexity index is 1260. The maximum absolute atomic E-state index is 12.0. The van der Waals surface area contributed by atoms with Crippen LogP contribution in [-0.4, -0.2) is 31.5 Å². The van der Waals surface area contributed by atoms with Crippen LogP contribution < -0.4 is 4.72 Å². The van der Waals surface area contributed by atoms with E-state index in [9.17, 15) is 8.42 Å². The Morgan fingerprint density at radius 2 is 1.86 bits per heavy atom. The van der Waals surface area contributed by atoms with Crippen molar-refractivity contribution in [3.63, 3.8) is 0 Å². The SMILES string of the molecule is CCCC[N+]1=C(c2ccc(C)cc2NS(C)(=O)=O)c2cccc3c(Br)ccc1c23. The summed E-state index contributed by atoms with van der Waals surface area (Å²) in [5, 5.41) is 2.38. The van der Waals surface area contributed by atoms with Crippen LogP contribution in [0.15, 0.2) is 53.0 Å². The number of anilines is 1. The summed E-state index contributed by atoms with van der Waals surface area (Å²) in [6.07, 6.45) is 3.33. The van der Waals surface area contributed by atoms with Crippen molar-refractivity contribution in [1.29, 1.82) is 0 Å². The Morgan fingerprint density at radius 3 is 2.59 bits per heavy atom. The fourth-order valence-corrected chi connectivity index (χ4v) is 5.06. The molecule has 0 fully saturated rings. The van der Waals surface area contributed by atoms with Crippen LogP contribution in [0, 0.1) is 6.92 Å².